The predicted molar refractivity (Wildman–Crippen MR) is 75.8 cm³/mol. The molecule has 2 heterocycles. The Morgan fingerprint density at radius 2 is 2.20 bits per heavy atom. The maximum atomic E-state index is 12.1. The number of halogens is 1. The summed E-state index contributed by atoms with van der Waals surface area (Å²) in [5, 5.41) is 10.7. The number of hydrogen-bond donors (Lipinski definition) is 1. The second-order valence-electron chi connectivity index (χ2n) is 3.78. The Hall–Kier alpha value is -1.71. The van der Waals surface area contributed by atoms with Gasteiger partial charge in [0.2, 0.25) is 0 Å². The van der Waals surface area contributed by atoms with Gasteiger partial charge in [0.05, 0.1) is 16.8 Å². The number of pyridine rings is 1. The molecule has 0 fully saturated rings. The molecule has 0 saturated heterocycles. The molecule has 0 atom stereocenters. The molecule has 20 heavy (non-hydrogen) atoms. The quantitative estimate of drug-likeness (QED) is 0.684. The van der Waals surface area contributed by atoms with E-state index in [0.717, 1.165) is 6.07 Å². The first-order valence-electron chi connectivity index (χ1n) is 5.18. The van der Waals surface area contributed by atoms with Crippen LogP contribution in [0.25, 0.3) is 0 Å². The number of nitrogens with zero attached hydrogens (tertiary/aromatic N) is 2. The van der Waals surface area contributed by atoms with E-state index in [0.29, 0.717) is 22.6 Å². The zero-order valence-corrected chi connectivity index (χ0v) is 12.4. The van der Waals surface area contributed by atoms with Crippen LogP contribution in [0.5, 0.6) is 0 Å². The average molecular weight is 334 g/mol. The second-order valence-corrected chi connectivity index (χ2v) is 7.34. The molecular weight excluding hydrogens is 326 g/mol. The van der Waals surface area contributed by atoms with Crippen molar-refractivity contribution < 1.29 is 13.3 Å². The highest BCUT2D eigenvalue weighted by molar-refractivity contribution is 7.94. The second kappa shape index (κ2) is 5.35. The van der Waals surface area contributed by atoms with Gasteiger partial charge in [-0.15, -0.1) is 11.3 Å². The minimum absolute atomic E-state index is 0.182. The third-order valence-corrected chi connectivity index (χ3v) is 5.57. The Bertz CT molecular complexity index is 773. The molecule has 0 unspecified atom stereocenters. The molecule has 10 heteroatoms. The summed E-state index contributed by atoms with van der Waals surface area (Å²) < 4.78 is 26.2. The molecule has 0 aromatic carbocycles. The topological polar surface area (TPSA) is 102 Å². The molecule has 0 aliphatic rings. The monoisotopic (exact) mass is 333 g/mol. The van der Waals surface area contributed by atoms with Gasteiger partial charge in [-0.25, -0.2) is 8.42 Å². The highest BCUT2D eigenvalue weighted by Crippen LogP contribution is 2.36. The Balaban J connectivity index is 2.39. The van der Waals surface area contributed by atoms with Crippen molar-refractivity contribution in [3.05, 3.63) is 44.5 Å². The van der Waals surface area contributed by atoms with Crippen molar-refractivity contribution in [1.82, 2.24) is 4.98 Å². The highest BCUT2D eigenvalue weighted by atomic mass is 35.5. The summed E-state index contributed by atoms with van der Waals surface area (Å²) in [7, 11) is -3.93. The first-order valence-corrected chi connectivity index (χ1v) is 7.86. The lowest BCUT2D eigenvalue weighted by Gasteiger charge is -2.07. The summed E-state index contributed by atoms with van der Waals surface area (Å²) in [4.78, 5) is 13.8. The molecule has 0 aliphatic heterocycles. The van der Waals surface area contributed by atoms with Crippen molar-refractivity contribution in [2.24, 2.45) is 0 Å². The molecule has 2 rings (SSSR count). The van der Waals surface area contributed by atoms with E-state index < -0.39 is 20.6 Å². The minimum atomic E-state index is -3.93. The fraction of sp³-hybridized carbons (Fsp3) is 0.100. The Kier molecular flexibility index (Phi) is 3.93. The van der Waals surface area contributed by atoms with Crippen molar-refractivity contribution >= 4 is 44.3 Å². The smallest absolute Gasteiger partial charge is 0.277 e. The van der Waals surface area contributed by atoms with Crippen molar-refractivity contribution in [1.29, 1.82) is 0 Å². The zero-order chi connectivity index (χ0) is 14.9. The largest absolute Gasteiger partial charge is 0.300 e. The normalized spacial score (nSPS) is 11.3. The van der Waals surface area contributed by atoms with E-state index in [1.54, 1.807) is 13.0 Å². The van der Waals surface area contributed by atoms with Crippen molar-refractivity contribution in [3.63, 3.8) is 0 Å². The fourth-order valence-electron chi connectivity index (χ4n) is 1.36. The molecule has 0 amide bonds. The Labute approximate surface area is 123 Å². The third-order valence-electron chi connectivity index (χ3n) is 2.39. The maximum Gasteiger partial charge on any atom is 0.300 e. The summed E-state index contributed by atoms with van der Waals surface area (Å²) in [5.41, 5.74) is 0.556. The molecule has 2 aromatic heterocycles. The zero-order valence-electron chi connectivity index (χ0n) is 10.0. The van der Waals surface area contributed by atoms with Gasteiger partial charge < -0.3 is 0 Å². The summed E-state index contributed by atoms with van der Waals surface area (Å²) >= 11 is 6.28. The van der Waals surface area contributed by atoms with Gasteiger partial charge in [-0.1, -0.05) is 11.6 Å². The molecule has 0 saturated carbocycles. The molecule has 106 valence electrons. The molecule has 1 N–H and O–H groups in total. The number of nitrogens with one attached hydrogen (secondary N) is 1. The van der Waals surface area contributed by atoms with Gasteiger partial charge in [-0.05, 0) is 18.6 Å². The molecule has 7 nitrogen and oxygen atoms in total. The van der Waals surface area contributed by atoms with Crippen LogP contribution in [0, 0.1) is 17.0 Å². The van der Waals surface area contributed by atoms with Gasteiger partial charge >= 0.3 is 0 Å². The van der Waals surface area contributed by atoms with Crippen LogP contribution in [0.3, 0.4) is 0 Å². The van der Waals surface area contributed by atoms with Crippen LogP contribution >= 0.6 is 22.9 Å². The van der Waals surface area contributed by atoms with Crippen molar-refractivity contribution in [2.75, 3.05) is 4.72 Å². The fourth-order valence-corrected chi connectivity index (χ4v) is 4.14. The van der Waals surface area contributed by atoms with Crippen molar-refractivity contribution in [2.45, 2.75) is 11.1 Å². The third kappa shape index (κ3) is 2.89. The summed E-state index contributed by atoms with van der Waals surface area (Å²) in [6, 6.07) is 2.57. The number of sulfonamides is 1. The number of aromatic nitrogens is 1. The van der Waals surface area contributed by atoms with Crippen LogP contribution in [0.2, 0.25) is 4.34 Å². The highest BCUT2D eigenvalue weighted by Gasteiger charge is 2.25. The number of anilines is 1. The van der Waals surface area contributed by atoms with E-state index in [9.17, 15) is 18.5 Å². The Morgan fingerprint density at radius 3 is 2.75 bits per heavy atom. The van der Waals surface area contributed by atoms with Crippen LogP contribution in [0.15, 0.2) is 28.7 Å². The minimum Gasteiger partial charge on any atom is -0.277 e. The van der Waals surface area contributed by atoms with Gasteiger partial charge in [0, 0.05) is 12.3 Å². The summed E-state index contributed by atoms with van der Waals surface area (Å²) in [5.74, 6) is 0. The first-order chi connectivity index (χ1) is 9.31. The van der Waals surface area contributed by atoms with E-state index in [2.05, 4.69) is 9.71 Å². The SMILES string of the molecule is Cc1ccncc1NS(=O)(=O)c1cc([N+](=O)[O-])c(Cl)s1. The lowest BCUT2D eigenvalue weighted by Crippen LogP contribution is -2.12. The molecule has 0 bridgehead atoms. The van der Waals surface area contributed by atoms with Gasteiger partial charge in [0.15, 0.2) is 4.34 Å². The number of aryl methyl sites for hydroxylation is 1. The standard InChI is InChI=1S/C10H8ClN3O4S2/c1-6-2-3-12-5-7(6)13-20(17,18)9-4-8(14(15)16)10(11)19-9/h2-5,13H,1H3. The number of nitro groups is 1. The number of thiophene rings is 1. The molecule has 0 spiro atoms. The van der Waals surface area contributed by atoms with Gasteiger partial charge in [0.25, 0.3) is 15.7 Å². The van der Waals surface area contributed by atoms with Crippen LogP contribution < -0.4 is 4.72 Å². The van der Waals surface area contributed by atoms with Crippen LogP contribution in [-0.2, 0) is 10.0 Å². The van der Waals surface area contributed by atoms with Crippen molar-refractivity contribution in [3.8, 4) is 0 Å². The number of rotatable bonds is 4. The van der Waals surface area contributed by atoms with E-state index >= 15 is 0 Å². The number of hydrogen-bond acceptors (Lipinski definition) is 6. The molecular formula is C10H8ClN3O4S2. The summed E-state index contributed by atoms with van der Waals surface area (Å²) in [6.07, 6.45) is 2.89. The lowest BCUT2D eigenvalue weighted by molar-refractivity contribution is -0.384. The van der Waals surface area contributed by atoms with Gasteiger partial charge in [-0.3, -0.25) is 19.8 Å². The Morgan fingerprint density at radius 1 is 1.50 bits per heavy atom. The predicted octanol–water partition coefficient (Wildman–Crippen LogP) is 2.81. The molecule has 0 radical (unpaired) electrons. The van der Waals surface area contributed by atoms with E-state index in [1.807, 2.05) is 0 Å². The first kappa shape index (κ1) is 14.7. The van der Waals surface area contributed by atoms with Crippen LogP contribution in [0.1, 0.15) is 5.56 Å². The van der Waals surface area contributed by atoms with E-state index in [-0.39, 0.29) is 8.55 Å². The van der Waals surface area contributed by atoms with Crippen LogP contribution in [0.4, 0.5) is 11.4 Å². The van der Waals surface area contributed by atoms with E-state index in [4.69, 9.17) is 11.6 Å². The average Bonchev–Trinajstić information content (AvgIpc) is 2.75. The van der Waals surface area contributed by atoms with E-state index in [1.165, 1.54) is 12.4 Å². The van der Waals surface area contributed by atoms with Gasteiger partial charge in [-0.2, -0.15) is 0 Å². The van der Waals surface area contributed by atoms with Gasteiger partial charge in [0.1, 0.15) is 4.21 Å². The summed E-state index contributed by atoms with van der Waals surface area (Å²) in [6.45, 7) is 1.71. The lowest BCUT2D eigenvalue weighted by atomic mass is 10.3. The maximum absolute atomic E-state index is 12.1. The molecule has 2 aromatic rings. The van der Waals surface area contributed by atoms with Crippen LogP contribution in [-0.4, -0.2) is 18.3 Å². The molecule has 0 aliphatic carbocycles.